The maximum atomic E-state index is 12.2. The van der Waals surface area contributed by atoms with E-state index in [0.29, 0.717) is 17.3 Å². The van der Waals surface area contributed by atoms with Crippen molar-refractivity contribution in [2.45, 2.75) is 63.7 Å². The lowest BCUT2D eigenvalue weighted by atomic mass is 10.0. The summed E-state index contributed by atoms with van der Waals surface area (Å²) in [4.78, 5) is 14.8. The van der Waals surface area contributed by atoms with E-state index in [9.17, 15) is 4.79 Å². The zero-order valence-corrected chi connectivity index (χ0v) is 14.2. The maximum Gasteiger partial charge on any atom is 0.227 e. The number of halogens is 1. The third-order valence-electron chi connectivity index (χ3n) is 3.99. The SMILES string of the molecule is CCCC(=O)N1c2ccc(CC(Br)CC)cc2CC1C. The molecule has 1 aliphatic heterocycles. The zero-order valence-electron chi connectivity index (χ0n) is 12.7. The van der Waals surface area contributed by atoms with Crippen LogP contribution >= 0.6 is 15.9 Å². The van der Waals surface area contributed by atoms with Crippen molar-refractivity contribution < 1.29 is 4.79 Å². The van der Waals surface area contributed by atoms with E-state index in [-0.39, 0.29) is 5.91 Å². The van der Waals surface area contributed by atoms with Crippen molar-refractivity contribution in [1.29, 1.82) is 0 Å². The van der Waals surface area contributed by atoms with Gasteiger partial charge < -0.3 is 4.90 Å². The predicted octanol–water partition coefficient (Wildman–Crippen LogP) is 4.48. The standard InChI is InChI=1S/C17H24BrNO/c1-4-6-17(20)19-12(3)9-14-10-13(7-8-16(14)19)11-15(18)5-2/h7-8,10,12,15H,4-6,9,11H2,1-3H3. The first-order valence-electron chi connectivity index (χ1n) is 7.64. The summed E-state index contributed by atoms with van der Waals surface area (Å²) >= 11 is 3.70. The first-order valence-corrected chi connectivity index (χ1v) is 8.56. The summed E-state index contributed by atoms with van der Waals surface area (Å²) in [5, 5.41) is 0. The number of amides is 1. The van der Waals surface area contributed by atoms with Gasteiger partial charge in [0, 0.05) is 23.0 Å². The number of nitrogens with zero attached hydrogens (tertiary/aromatic N) is 1. The van der Waals surface area contributed by atoms with Gasteiger partial charge in [-0.25, -0.2) is 0 Å². The lowest BCUT2D eigenvalue weighted by molar-refractivity contribution is -0.118. The number of rotatable bonds is 5. The van der Waals surface area contributed by atoms with Crippen molar-refractivity contribution in [3.63, 3.8) is 0 Å². The van der Waals surface area contributed by atoms with Crippen LogP contribution in [0.25, 0.3) is 0 Å². The minimum absolute atomic E-state index is 0.262. The molecule has 2 rings (SSSR count). The van der Waals surface area contributed by atoms with Gasteiger partial charge in [0.1, 0.15) is 0 Å². The van der Waals surface area contributed by atoms with Gasteiger partial charge in [-0.1, -0.05) is 41.9 Å². The van der Waals surface area contributed by atoms with E-state index in [1.807, 2.05) is 4.90 Å². The quantitative estimate of drug-likeness (QED) is 0.725. The summed E-state index contributed by atoms with van der Waals surface area (Å²) in [6.45, 7) is 6.40. The molecule has 0 aliphatic carbocycles. The van der Waals surface area contributed by atoms with Gasteiger partial charge in [-0.15, -0.1) is 0 Å². The topological polar surface area (TPSA) is 20.3 Å². The molecule has 2 nitrogen and oxygen atoms in total. The van der Waals surface area contributed by atoms with Crippen LogP contribution in [0.2, 0.25) is 0 Å². The van der Waals surface area contributed by atoms with Gasteiger partial charge in [0.2, 0.25) is 5.91 Å². The number of alkyl halides is 1. The molecule has 0 aromatic heterocycles. The van der Waals surface area contributed by atoms with Crippen molar-refractivity contribution in [1.82, 2.24) is 0 Å². The Morgan fingerprint density at radius 1 is 1.45 bits per heavy atom. The second-order valence-corrected chi connectivity index (χ2v) is 7.03. The molecule has 1 amide bonds. The molecular weight excluding hydrogens is 314 g/mol. The maximum absolute atomic E-state index is 12.2. The minimum atomic E-state index is 0.262. The average molecular weight is 338 g/mol. The van der Waals surface area contributed by atoms with Crippen molar-refractivity contribution in [3.8, 4) is 0 Å². The van der Waals surface area contributed by atoms with Crippen LogP contribution in [0.15, 0.2) is 18.2 Å². The normalized spacial score (nSPS) is 19.0. The summed E-state index contributed by atoms with van der Waals surface area (Å²) in [6.07, 6.45) is 4.73. The van der Waals surface area contributed by atoms with Crippen LogP contribution in [0.1, 0.15) is 51.2 Å². The highest BCUT2D eigenvalue weighted by atomic mass is 79.9. The van der Waals surface area contributed by atoms with E-state index >= 15 is 0 Å². The van der Waals surface area contributed by atoms with Crippen LogP contribution in [0, 0.1) is 0 Å². The van der Waals surface area contributed by atoms with E-state index in [4.69, 9.17) is 0 Å². The second kappa shape index (κ2) is 6.75. The summed E-state index contributed by atoms with van der Waals surface area (Å²) < 4.78 is 0. The van der Waals surface area contributed by atoms with E-state index in [2.05, 4.69) is 54.9 Å². The molecular formula is C17H24BrNO. The fraction of sp³-hybridized carbons (Fsp3) is 0.588. The first kappa shape index (κ1) is 15.6. The Kier molecular flexibility index (Phi) is 5.25. The fourth-order valence-electron chi connectivity index (χ4n) is 2.93. The van der Waals surface area contributed by atoms with E-state index < -0.39 is 0 Å². The Balaban J connectivity index is 2.21. The van der Waals surface area contributed by atoms with Crippen molar-refractivity contribution >= 4 is 27.5 Å². The van der Waals surface area contributed by atoms with Crippen molar-refractivity contribution in [3.05, 3.63) is 29.3 Å². The van der Waals surface area contributed by atoms with Crippen LogP contribution < -0.4 is 4.90 Å². The molecule has 2 atom stereocenters. The van der Waals surface area contributed by atoms with Crippen LogP contribution in [0.4, 0.5) is 5.69 Å². The molecule has 0 bridgehead atoms. The molecule has 0 saturated carbocycles. The highest BCUT2D eigenvalue weighted by Crippen LogP contribution is 2.34. The molecule has 20 heavy (non-hydrogen) atoms. The Bertz CT molecular complexity index is 486. The molecule has 0 radical (unpaired) electrons. The smallest absolute Gasteiger partial charge is 0.227 e. The molecule has 0 N–H and O–H groups in total. The zero-order chi connectivity index (χ0) is 14.7. The van der Waals surface area contributed by atoms with Gasteiger partial charge in [-0.3, -0.25) is 4.79 Å². The van der Waals surface area contributed by atoms with E-state index in [0.717, 1.165) is 31.4 Å². The lowest BCUT2D eigenvalue weighted by Gasteiger charge is -2.22. The van der Waals surface area contributed by atoms with Gasteiger partial charge in [0.25, 0.3) is 0 Å². The van der Waals surface area contributed by atoms with Gasteiger partial charge in [-0.2, -0.15) is 0 Å². The summed E-state index contributed by atoms with van der Waals surface area (Å²) in [5.74, 6) is 0.262. The number of carbonyl (C=O) groups excluding carboxylic acids is 1. The van der Waals surface area contributed by atoms with E-state index in [1.54, 1.807) is 0 Å². The van der Waals surface area contributed by atoms with Crippen molar-refractivity contribution in [2.75, 3.05) is 4.90 Å². The molecule has 3 heteroatoms. The number of fused-ring (bicyclic) bond motifs is 1. The second-order valence-electron chi connectivity index (χ2n) is 5.74. The number of hydrogen-bond acceptors (Lipinski definition) is 1. The molecule has 0 spiro atoms. The number of carbonyl (C=O) groups is 1. The Morgan fingerprint density at radius 2 is 2.20 bits per heavy atom. The van der Waals surface area contributed by atoms with Gasteiger partial charge in [-0.05, 0) is 49.8 Å². The molecule has 0 fully saturated rings. The minimum Gasteiger partial charge on any atom is -0.309 e. The summed E-state index contributed by atoms with van der Waals surface area (Å²) in [7, 11) is 0. The van der Waals surface area contributed by atoms with Crippen LogP contribution in [0.3, 0.4) is 0 Å². The molecule has 2 unspecified atom stereocenters. The first-order chi connectivity index (χ1) is 9.56. The largest absolute Gasteiger partial charge is 0.309 e. The number of benzene rings is 1. The lowest BCUT2D eigenvalue weighted by Crippen LogP contribution is -2.35. The monoisotopic (exact) mass is 337 g/mol. The summed E-state index contributed by atoms with van der Waals surface area (Å²) in [6, 6.07) is 6.89. The molecule has 1 heterocycles. The molecule has 1 aromatic rings. The average Bonchev–Trinajstić information content (AvgIpc) is 2.74. The number of hydrogen-bond donors (Lipinski definition) is 0. The van der Waals surface area contributed by atoms with Crippen LogP contribution in [0.5, 0.6) is 0 Å². The van der Waals surface area contributed by atoms with Gasteiger partial charge >= 0.3 is 0 Å². The predicted molar refractivity (Wildman–Crippen MR) is 88.7 cm³/mol. The molecule has 110 valence electrons. The van der Waals surface area contributed by atoms with Crippen molar-refractivity contribution in [2.24, 2.45) is 0 Å². The molecule has 1 aromatic carbocycles. The highest BCUT2D eigenvalue weighted by molar-refractivity contribution is 9.09. The Labute approximate surface area is 130 Å². The third-order valence-corrected chi connectivity index (χ3v) is 4.96. The number of anilines is 1. The highest BCUT2D eigenvalue weighted by Gasteiger charge is 2.30. The molecule has 1 aliphatic rings. The van der Waals surface area contributed by atoms with Crippen LogP contribution in [-0.2, 0) is 17.6 Å². The van der Waals surface area contributed by atoms with Gasteiger partial charge in [0.05, 0.1) is 0 Å². The van der Waals surface area contributed by atoms with Crippen LogP contribution in [-0.4, -0.2) is 16.8 Å². The Morgan fingerprint density at radius 3 is 2.85 bits per heavy atom. The fourth-order valence-corrected chi connectivity index (χ4v) is 3.30. The third kappa shape index (κ3) is 3.25. The van der Waals surface area contributed by atoms with E-state index in [1.165, 1.54) is 11.1 Å². The summed E-state index contributed by atoms with van der Waals surface area (Å²) in [5.41, 5.74) is 3.82. The molecule has 0 saturated heterocycles. The Hall–Kier alpha value is -0.830. The van der Waals surface area contributed by atoms with Gasteiger partial charge in [0.15, 0.2) is 0 Å².